The lowest BCUT2D eigenvalue weighted by Gasteiger charge is -2.20. The Morgan fingerprint density at radius 3 is 2.23 bits per heavy atom. The molecule has 0 atom stereocenters. The van der Waals surface area contributed by atoms with Crippen molar-refractivity contribution >= 4 is 21.9 Å². The molecule has 0 radical (unpaired) electrons. The van der Waals surface area contributed by atoms with Crippen LogP contribution in [0.3, 0.4) is 0 Å². The molecule has 148 valence electrons. The molecule has 0 amide bonds. The number of fused-ring (bicyclic) bond motifs is 2. The normalized spacial score (nSPS) is 12.0. The average molecular weight is 392 g/mol. The summed E-state index contributed by atoms with van der Waals surface area (Å²) in [5.74, 6) is 0.677. The van der Waals surface area contributed by atoms with Gasteiger partial charge in [-0.3, -0.25) is 0 Å². The number of oxazole rings is 1. The van der Waals surface area contributed by atoms with Crippen molar-refractivity contribution in [3.05, 3.63) is 90.0 Å². The van der Waals surface area contributed by atoms with Crippen LogP contribution in [0.25, 0.3) is 44.5 Å². The molecule has 0 fully saturated rings. The second-order valence-corrected chi connectivity index (χ2v) is 8.98. The third-order valence-electron chi connectivity index (χ3n) is 5.82. The highest BCUT2D eigenvalue weighted by Crippen LogP contribution is 2.39. The van der Waals surface area contributed by atoms with E-state index < -0.39 is 0 Å². The van der Waals surface area contributed by atoms with E-state index in [1.807, 2.05) is 12.1 Å². The van der Waals surface area contributed by atoms with Gasteiger partial charge in [0.15, 0.2) is 5.58 Å². The highest BCUT2D eigenvalue weighted by molar-refractivity contribution is 6.03. The Bertz CT molecular complexity index is 1380. The highest BCUT2D eigenvalue weighted by Gasteiger charge is 2.21. The van der Waals surface area contributed by atoms with Crippen LogP contribution in [-0.2, 0) is 5.41 Å². The quantitative estimate of drug-likeness (QED) is 0.305. The number of nitrogens with zero attached hydrogens (tertiary/aromatic N) is 1. The monoisotopic (exact) mass is 391 g/mol. The number of rotatable bonds is 2. The first-order valence-electron chi connectivity index (χ1n) is 10.4. The van der Waals surface area contributed by atoms with Crippen molar-refractivity contribution in [2.75, 3.05) is 0 Å². The SMILES string of the molecule is Cc1ccccc1-c1nc2c(-c3cccc4ccccc34)cc(C(C)(C)C)cc2o1. The van der Waals surface area contributed by atoms with Crippen LogP contribution < -0.4 is 0 Å². The molecule has 5 rings (SSSR count). The number of hydrogen-bond acceptors (Lipinski definition) is 2. The second kappa shape index (κ2) is 6.84. The molecule has 0 N–H and O–H groups in total. The van der Waals surface area contributed by atoms with Gasteiger partial charge in [0.2, 0.25) is 5.89 Å². The van der Waals surface area contributed by atoms with E-state index >= 15 is 0 Å². The molecule has 2 heteroatoms. The highest BCUT2D eigenvalue weighted by atomic mass is 16.3. The molecule has 0 spiro atoms. The van der Waals surface area contributed by atoms with Crippen LogP contribution in [0.2, 0.25) is 0 Å². The zero-order valence-electron chi connectivity index (χ0n) is 17.9. The summed E-state index contributed by atoms with van der Waals surface area (Å²) in [5.41, 5.74) is 7.50. The van der Waals surface area contributed by atoms with Crippen LogP contribution in [0, 0.1) is 6.92 Å². The maximum absolute atomic E-state index is 6.33. The van der Waals surface area contributed by atoms with Gasteiger partial charge in [0.05, 0.1) is 0 Å². The molecule has 30 heavy (non-hydrogen) atoms. The zero-order chi connectivity index (χ0) is 20.9. The van der Waals surface area contributed by atoms with Crippen molar-refractivity contribution in [2.45, 2.75) is 33.1 Å². The molecule has 0 unspecified atom stereocenters. The molecule has 0 saturated heterocycles. The van der Waals surface area contributed by atoms with E-state index in [4.69, 9.17) is 9.40 Å². The second-order valence-electron chi connectivity index (χ2n) is 8.98. The van der Waals surface area contributed by atoms with E-state index in [1.54, 1.807) is 0 Å². The van der Waals surface area contributed by atoms with Crippen molar-refractivity contribution < 1.29 is 4.42 Å². The maximum Gasteiger partial charge on any atom is 0.227 e. The summed E-state index contributed by atoms with van der Waals surface area (Å²) in [7, 11) is 0. The molecule has 1 heterocycles. The average Bonchev–Trinajstić information content (AvgIpc) is 3.16. The van der Waals surface area contributed by atoms with Crippen molar-refractivity contribution in [3.8, 4) is 22.6 Å². The van der Waals surface area contributed by atoms with Gasteiger partial charge in [0.1, 0.15) is 5.52 Å². The summed E-state index contributed by atoms with van der Waals surface area (Å²) in [6, 6.07) is 27.7. The Labute approximate surface area is 177 Å². The van der Waals surface area contributed by atoms with Crippen molar-refractivity contribution in [3.63, 3.8) is 0 Å². The van der Waals surface area contributed by atoms with Gasteiger partial charge in [0, 0.05) is 11.1 Å². The zero-order valence-corrected chi connectivity index (χ0v) is 17.9. The van der Waals surface area contributed by atoms with E-state index in [9.17, 15) is 0 Å². The van der Waals surface area contributed by atoms with E-state index in [1.165, 1.54) is 21.9 Å². The standard InChI is InChI=1S/C28H25NO/c1-18-10-5-7-13-21(18)27-29-26-24(16-20(28(2,3)4)17-25(26)30-27)23-15-9-12-19-11-6-8-14-22(19)23/h5-17H,1-4H3. The fourth-order valence-corrected chi connectivity index (χ4v) is 4.06. The van der Waals surface area contributed by atoms with Crippen LogP contribution in [0.15, 0.2) is 83.3 Å². The van der Waals surface area contributed by atoms with E-state index in [-0.39, 0.29) is 5.41 Å². The lowest BCUT2D eigenvalue weighted by atomic mass is 9.84. The summed E-state index contributed by atoms with van der Waals surface area (Å²) in [4.78, 5) is 4.98. The third-order valence-corrected chi connectivity index (χ3v) is 5.82. The molecule has 4 aromatic carbocycles. The molecular weight excluding hydrogens is 366 g/mol. The Hall–Kier alpha value is -3.39. The first-order chi connectivity index (χ1) is 14.4. The van der Waals surface area contributed by atoms with Gasteiger partial charge in [-0.15, -0.1) is 0 Å². The lowest BCUT2D eigenvalue weighted by molar-refractivity contribution is 0.584. The van der Waals surface area contributed by atoms with E-state index in [2.05, 4.69) is 94.4 Å². The Kier molecular flexibility index (Phi) is 4.25. The Morgan fingerprint density at radius 1 is 0.733 bits per heavy atom. The van der Waals surface area contributed by atoms with Crippen molar-refractivity contribution in [1.82, 2.24) is 4.98 Å². The Morgan fingerprint density at radius 2 is 1.43 bits per heavy atom. The maximum atomic E-state index is 6.33. The van der Waals surface area contributed by atoms with Crippen molar-refractivity contribution in [2.24, 2.45) is 0 Å². The van der Waals surface area contributed by atoms with Gasteiger partial charge in [-0.1, -0.05) is 81.4 Å². The predicted molar refractivity (Wildman–Crippen MR) is 126 cm³/mol. The lowest BCUT2D eigenvalue weighted by Crippen LogP contribution is -2.11. The molecule has 0 aliphatic carbocycles. The summed E-state index contributed by atoms with van der Waals surface area (Å²) in [6.07, 6.45) is 0. The molecular formula is C28H25NO. The fourth-order valence-electron chi connectivity index (χ4n) is 4.06. The largest absolute Gasteiger partial charge is 0.436 e. The number of aromatic nitrogens is 1. The third kappa shape index (κ3) is 3.09. The fraction of sp³-hybridized carbons (Fsp3) is 0.179. The summed E-state index contributed by atoms with van der Waals surface area (Å²) in [5, 5.41) is 2.46. The predicted octanol–water partition coefficient (Wildman–Crippen LogP) is 7.92. The van der Waals surface area contributed by atoms with Crippen LogP contribution >= 0.6 is 0 Å². The van der Waals surface area contributed by atoms with Gasteiger partial charge in [0.25, 0.3) is 0 Å². The van der Waals surface area contributed by atoms with Gasteiger partial charge < -0.3 is 4.42 Å². The topological polar surface area (TPSA) is 26.0 Å². The summed E-state index contributed by atoms with van der Waals surface area (Å²) in [6.45, 7) is 8.80. The first kappa shape index (κ1) is 18.6. The van der Waals surface area contributed by atoms with Gasteiger partial charge in [-0.2, -0.15) is 0 Å². The van der Waals surface area contributed by atoms with Crippen LogP contribution in [0.1, 0.15) is 31.9 Å². The number of benzene rings is 4. The molecule has 0 saturated carbocycles. The smallest absolute Gasteiger partial charge is 0.227 e. The molecule has 1 aromatic heterocycles. The molecule has 0 aliphatic rings. The van der Waals surface area contributed by atoms with Crippen LogP contribution in [0.5, 0.6) is 0 Å². The number of aryl methyl sites for hydroxylation is 1. The van der Waals surface area contributed by atoms with Crippen LogP contribution in [-0.4, -0.2) is 4.98 Å². The van der Waals surface area contributed by atoms with Gasteiger partial charge in [-0.25, -0.2) is 4.98 Å². The first-order valence-corrected chi connectivity index (χ1v) is 10.4. The molecule has 2 nitrogen and oxygen atoms in total. The molecule has 0 bridgehead atoms. The van der Waals surface area contributed by atoms with Crippen LogP contribution in [0.4, 0.5) is 0 Å². The summed E-state index contributed by atoms with van der Waals surface area (Å²) < 4.78 is 6.33. The minimum Gasteiger partial charge on any atom is -0.436 e. The molecule has 0 aliphatic heterocycles. The molecule has 5 aromatic rings. The van der Waals surface area contributed by atoms with Gasteiger partial charge in [-0.05, 0) is 58.0 Å². The van der Waals surface area contributed by atoms with E-state index in [0.717, 1.165) is 27.8 Å². The van der Waals surface area contributed by atoms with E-state index in [0.29, 0.717) is 5.89 Å². The minimum atomic E-state index is 0.00312. The van der Waals surface area contributed by atoms with Gasteiger partial charge >= 0.3 is 0 Å². The minimum absolute atomic E-state index is 0.00312. The van der Waals surface area contributed by atoms with Crippen molar-refractivity contribution in [1.29, 1.82) is 0 Å². The summed E-state index contributed by atoms with van der Waals surface area (Å²) >= 11 is 0. The Balaban J connectivity index is 1.85. The number of hydrogen-bond donors (Lipinski definition) is 0.